The fraction of sp³-hybridized carbons (Fsp3) is 0.300. The predicted molar refractivity (Wildman–Crippen MR) is 101 cm³/mol. The Labute approximate surface area is 164 Å². The summed E-state index contributed by atoms with van der Waals surface area (Å²) >= 11 is 1.37. The fourth-order valence-electron chi connectivity index (χ4n) is 3.47. The summed E-state index contributed by atoms with van der Waals surface area (Å²) in [7, 11) is 0. The normalized spacial score (nSPS) is 14.0. The Kier molecular flexibility index (Phi) is 4.97. The number of hydrogen-bond donors (Lipinski definition) is 1. The number of fused-ring (bicyclic) bond motifs is 1. The molecule has 8 heteroatoms. The molecule has 0 unspecified atom stereocenters. The molecule has 28 heavy (non-hydrogen) atoms. The summed E-state index contributed by atoms with van der Waals surface area (Å²) in [5.74, 6) is -0.143. The lowest BCUT2D eigenvalue weighted by molar-refractivity contribution is -0.142. The van der Waals surface area contributed by atoms with E-state index in [1.54, 1.807) is 30.3 Å². The first-order chi connectivity index (χ1) is 13.4. The van der Waals surface area contributed by atoms with Gasteiger partial charge in [0.25, 0.3) is 5.91 Å². The van der Waals surface area contributed by atoms with Crippen molar-refractivity contribution in [3.05, 3.63) is 69.2 Å². The summed E-state index contributed by atoms with van der Waals surface area (Å²) in [6.07, 6.45) is -1.82. The molecule has 1 aliphatic carbocycles. The van der Waals surface area contributed by atoms with Gasteiger partial charge in [0.2, 0.25) is 0 Å². The van der Waals surface area contributed by atoms with Gasteiger partial charge in [0.15, 0.2) is 5.69 Å². The molecule has 0 bridgehead atoms. The third kappa shape index (κ3) is 3.69. The highest BCUT2D eigenvalue weighted by Crippen LogP contribution is 2.36. The van der Waals surface area contributed by atoms with E-state index in [1.807, 2.05) is 11.4 Å². The highest BCUT2D eigenvalue weighted by atomic mass is 32.1. The van der Waals surface area contributed by atoms with Gasteiger partial charge in [-0.25, -0.2) is 4.68 Å². The monoisotopic (exact) mass is 405 g/mol. The molecule has 2 heterocycles. The summed E-state index contributed by atoms with van der Waals surface area (Å²) in [5, 5.41) is 8.57. The van der Waals surface area contributed by atoms with Gasteiger partial charge in [-0.1, -0.05) is 18.2 Å². The van der Waals surface area contributed by atoms with E-state index in [-0.39, 0.29) is 5.91 Å². The molecule has 0 aliphatic heterocycles. The second kappa shape index (κ2) is 7.43. The molecule has 1 N–H and O–H groups in total. The first-order valence-corrected chi connectivity index (χ1v) is 9.90. The van der Waals surface area contributed by atoms with Crippen LogP contribution in [0.1, 0.15) is 45.0 Å². The van der Waals surface area contributed by atoms with Crippen LogP contribution in [-0.4, -0.2) is 15.7 Å². The van der Waals surface area contributed by atoms with Crippen molar-refractivity contribution in [2.75, 3.05) is 0 Å². The van der Waals surface area contributed by atoms with E-state index in [0.29, 0.717) is 41.2 Å². The van der Waals surface area contributed by atoms with Crippen molar-refractivity contribution in [3.8, 4) is 5.69 Å². The molecule has 1 aromatic carbocycles. The first-order valence-electron chi connectivity index (χ1n) is 9.02. The van der Waals surface area contributed by atoms with Gasteiger partial charge >= 0.3 is 6.18 Å². The van der Waals surface area contributed by atoms with Crippen LogP contribution in [0.15, 0.2) is 41.8 Å². The van der Waals surface area contributed by atoms with Gasteiger partial charge in [-0.15, -0.1) is 11.3 Å². The van der Waals surface area contributed by atoms with Crippen LogP contribution < -0.4 is 5.32 Å². The van der Waals surface area contributed by atoms with Crippen LogP contribution in [-0.2, 0) is 25.6 Å². The number of benzene rings is 1. The van der Waals surface area contributed by atoms with Crippen LogP contribution in [0.4, 0.5) is 13.2 Å². The number of thiophene rings is 1. The molecular formula is C20H18F3N3OS. The molecule has 2 aromatic heterocycles. The van der Waals surface area contributed by atoms with Crippen molar-refractivity contribution in [2.24, 2.45) is 0 Å². The molecule has 1 amide bonds. The minimum absolute atomic E-state index is 0.143. The Morgan fingerprint density at radius 3 is 2.57 bits per heavy atom. The Hall–Kier alpha value is -2.61. The van der Waals surface area contributed by atoms with E-state index in [2.05, 4.69) is 10.4 Å². The van der Waals surface area contributed by atoms with E-state index >= 15 is 0 Å². The second-order valence-electron chi connectivity index (χ2n) is 6.72. The van der Waals surface area contributed by atoms with E-state index in [1.165, 1.54) is 16.0 Å². The van der Waals surface area contributed by atoms with Crippen molar-refractivity contribution in [1.29, 1.82) is 0 Å². The zero-order valence-electron chi connectivity index (χ0n) is 14.9. The van der Waals surface area contributed by atoms with Crippen LogP contribution in [0, 0.1) is 0 Å². The molecule has 0 fully saturated rings. The minimum Gasteiger partial charge on any atom is -0.347 e. The number of amides is 1. The predicted octanol–water partition coefficient (Wildman–Crippen LogP) is 4.76. The smallest absolute Gasteiger partial charge is 0.347 e. The highest BCUT2D eigenvalue weighted by Gasteiger charge is 2.39. The highest BCUT2D eigenvalue weighted by molar-refractivity contribution is 7.12. The van der Waals surface area contributed by atoms with Crippen molar-refractivity contribution < 1.29 is 18.0 Å². The Morgan fingerprint density at radius 1 is 1.14 bits per heavy atom. The summed E-state index contributed by atoms with van der Waals surface area (Å²) in [4.78, 5) is 12.6. The van der Waals surface area contributed by atoms with Crippen LogP contribution in [0.2, 0.25) is 0 Å². The number of nitrogens with one attached hydrogen (secondary N) is 1. The third-order valence-corrected chi connectivity index (χ3v) is 5.70. The number of aromatic nitrogens is 2. The maximum atomic E-state index is 13.3. The number of halogens is 3. The largest absolute Gasteiger partial charge is 0.435 e. The summed E-state index contributed by atoms with van der Waals surface area (Å²) in [6.45, 7) is 0.349. The van der Waals surface area contributed by atoms with Crippen molar-refractivity contribution in [2.45, 2.75) is 38.4 Å². The molecule has 0 spiro atoms. The number of nitrogens with zero attached hydrogens (tertiary/aromatic N) is 2. The van der Waals surface area contributed by atoms with Gasteiger partial charge in [0.05, 0.1) is 10.6 Å². The van der Waals surface area contributed by atoms with E-state index in [0.717, 1.165) is 18.4 Å². The van der Waals surface area contributed by atoms with E-state index in [9.17, 15) is 18.0 Å². The molecule has 0 atom stereocenters. The first kappa shape index (κ1) is 18.7. The van der Waals surface area contributed by atoms with Crippen LogP contribution >= 0.6 is 11.3 Å². The molecule has 3 aromatic rings. The van der Waals surface area contributed by atoms with Crippen molar-refractivity contribution >= 4 is 17.2 Å². The maximum absolute atomic E-state index is 13.3. The van der Waals surface area contributed by atoms with Crippen LogP contribution in [0.5, 0.6) is 0 Å². The second-order valence-corrected chi connectivity index (χ2v) is 7.66. The summed E-state index contributed by atoms with van der Waals surface area (Å²) in [6, 6.07) is 10.7. The number of carbonyl (C=O) groups is 1. The lowest BCUT2D eigenvalue weighted by Gasteiger charge is -2.15. The van der Waals surface area contributed by atoms with Crippen molar-refractivity contribution in [1.82, 2.24) is 15.1 Å². The minimum atomic E-state index is -4.45. The zero-order valence-corrected chi connectivity index (χ0v) is 15.7. The number of carbonyl (C=O) groups excluding carboxylic acids is 1. The fourth-order valence-corrected chi connectivity index (χ4v) is 4.11. The Bertz CT molecular complexity index is 976. The molecule has 1 aliphatic rings. The van der Waals surface area contributed by atoms with Crippen molar-refractivity contribution in [3.63, 3.8) is 0 Å². The molecule has 4 nitrogen and oxygen atoms in total. The molecule has 0 radical (unpaired) electrons. The molecule has 4 rings (SSSR count). The zero-order chi connectivity index (χ0) is 19.7. The van der Waals surface area contributed by atoms with Gasteiger partial charge in [0.1, 0.15) is 0 Å². The summed E-state index contributed by atoms with van der Waals surface area (Å²) < 4.78 is 41.5. The van der Waals surface area contributed by atoms with E-state index < -0.39 is 11.9 Å². The van der Waals surface area contributed by atoms with Gasteiger partial charge in [-0.05, 0) is 54.8 Å². The maximum Gasteiger partial charge on any atom is 0.435 e. The molecule has 0 saturated carbocycles. The quantitative estimate of drug-likeness (QED) is 0.680. The van der Waals surface area contributed by atoms with E-state index in [4.69, 9.17) is 0 Å². The topological polar surface area (TPSA) is 46.9 Å². The van der Waals surface area contributed by atoms with Gasteiger partial charge in [0, 0.05) is 17.8 Å². The molecule has 0 saturated heterocycles. The Morgan fingerprint density at radius 2 is 1.89 bits per heavy atom. The van der Waals surface area contributed by atoms with Gasteiger partial charge < -0.3 is 5.32 Å². The number of hydrogen-bond acceptors (Lipinski definition) is 3. The standard InChI is InChI=1S/C20H18F3N3OS/c21-20(22,23)18-15-4-1-2-5-16(15)26(25-18)14-9-7-13(8-10-14)12-24-19(27)17-6-3-11-28-17/h3,6-11H,1-2,4-5,12H2,(H,24,27). The average Bonchev–Trinajstić information content (AvgIpc) is 3.34. The van der Waals surface area contributed by atoms with Crippen LogP contribution in [0.3, 0.4) is 0 Å². The number of rotatable bonds is 4. The molecule has 146 valence electrons. The van der Waals surface area contributed by atoms with Gasteiger partial charge in [-0.3, -0.25) is 4.79 Å². The number of alkyl halides is 3. The summed E-state index contributed by atoms with van der Waals surface area (Å²) in [5.41, 5.74) is 1.67. The Balaban J connectivity index is 1.54. The van der Waals surface area contributed by atoms with Crippen LogP contribution in [0.25, 0.3) is 5.69 Å². The molecular weight excluding hydrogens is 387 g/mol. The van der Waals surface area contributed by atoms with Gasteiger partial charge in [-0.2, -0.15) is 18.3 Å². The third-order valence-electron chi connectivity index (χ3n) is 4.83. The SMILES string of the molecule is O=C(NCc1ccc(-n2nc(C(F)(F)F)c3c2CCCC3)cc1)c1cccs1. The lowest BCUT2D eigenvalue weighted by Crippen LogP contribution is -2.21. The lowest BCUT2D eigenvalue weighted by atomic mass is 9.95. The average molecular weight is 405 g/mol.